The van der Waals surface area contributed by atoms with Crippen LogP contribution in [-0.4, -0.2) is 35.7 Å². The summed E-state index contributed by atoms with van der Waals surface area (Å²) in [6.07, 6.45) is 3.48. The molecular formula is C11H22N2O2. The van der Waals surface area contributed by atoms with E-state index in [-0.39, 0.29) is 24.1 Å². The molecule has 0 bridgehead atoms. The van der Waals surface area contributed by atoms with E-state index in [1.807, 2.05) is 6.92 Å². The van der Waals surface area contributed by atoms with Crippen molar-refractivity contribution in [2.24, 2.45) is 0 Å². The van der Waals surface area contributed by atoms with Crippen LogP contribution in [0, 0.1) is 0 Å². The summed E-state index contributed by atoms with van der Waals surface area (Å²) >= 11 is 0. The minimum atomic E-state index is -0.369. The molecule has 0 aromatic heterocycles. The van der Waals surface area contributed by atoms with Gasteiger partial charge in [-0.3, -0.25) is 4.79 Å². The number of carbonyl (C=O) groups excluding carboxylic acids is 1. The Kier molecular flexibility index (Phi) is 5.05. The van der Waals surface area contributed by atoms with Gasteiger partial charge < -0.3 is 15.7 Å². The van der Waals surface area contributed by atoms with Gasteiger partial charge in [0, 0.05) is 12.6 Å². The Labute approximate surface area is 91.4 Å². The fraction of sp³-hybridized carbons (Fsp3) is 0.909. The van der Waals surface area contributed by atoms with E-state index in [4.69, 9.17) is 0 Å². The number of hydrogen-bond acceptors (Lipinski definition) is 3. The predicted molar refractivity (Wildman–Crippen MR) is 59.5 cm³/mol. The smallest absolute Gasteiger partial charge is 0.237 e. The van der Waals surface area contributed by atoms with Gasteiger partial charge in [-0.2, -0.15) is 0 Å². The molecule has 3 unspecified atom stereocenters. The Morgan fingerprint density at radius 1 is 1.67 bits per heavy atom. The molecule has 1 aliphatic rings. The van der Waals surface area contributed by atoms with Crippen LogP contribution in [0.4, 0.5) is 0 Å². The fourth-order valence-corrected chi connectivity index (χ4v) is 1.84. The Morgan fingerprint density at radius 3 is 2.93 bits per heavy atom. The second kappa shape index (κ2) is 6.08. The summed E-state index contributed by atoms with van der Waals surface area (Å²) in [5, 5.41) is 15.3. The molecule has 88 valence electrons. The summed E-state index contributed by atoms with van der Waals surface area (Å²) in [5.74, 6) is 0.0233. The molecule has 0 spiro atoms. The topological polar surface area (TPSA) is 61.4 Å². The van der Waals surface area contributed by atoms with E-state index in [0.29, 0.717) is 13.0 Å². The molecular weight excluding hydrogens is 192 g/mol. The van der Waals surface area contributed by atoms with Gasteiger partial charge >= 0.3 is 0 Å². The number of unbranched alkanes of at least 4 members (excludes halogenated alkanes) is 1. The van der Waals surface area contributed by atoms with Gasteiger partial charge in [0.2, 0.25) is 5.91 Å². The van der Waals surface area contributed by atoms with Gasteiger partial charge in [0.05, 0.1) is 12.1 Å². The number of aliphatic hydroxyl groups is 1. The van der Waals surface area contributed by atoms with Crippen LogP contribution in [0.5, 0.6) is 0 Å². The number of β-amino-alcohol motifs (C(OH)–C–C–N with tert-alkyl or cyclic N) is 1. The van der Waals surface area contributed by atoms with Crippen molar-refractivity contribution in [3.63, 3.8) is 0 Å². The third kappa shape index (κ3) is 4.18. The maximum Gasteiger partial charge on any atom is 0.237 e. The van der Waals surface area contributed by atoms with E-state index in [9.17, 15) is 9.90 Å². The summed E-state index contributed by atoms with van der Waals surface area (Å²) in [6, 6.07) is 0.0288. The monoisotopic (exact) mass is 214 g/mol. The summed E-state index contributed by atoms with van der Waals surface area (Å²) in [4.78, 5) is 11.7. The van der Waals surface area contributed by atoms with Crippen molar-refractivity contribution in [3.8, 4) is 0 Å². The molecule has 1 rings (SSSR count). The highest BCUT2D eigenvalue weighted by Gasteiger charge is 2.28. The first-order chi connectivity index (χ1) is 7.13. The van der Waals surface area contributed by atoms with Gasteiger partial charge in [0.1, 0.15) is 0 Å². The van der Waals surface area contributed by atoms with Crippen molar-refractivity contribution >= 4 is 5.91 Å². The maximum atomic E-state index is 11.7. The summed E-state index contributed by atoms with van der Waals surface area (Å²) in [6.45, 7) is 4.70. The lowest BCUT2D eigenvalue weighted by Crippen LogP contribution is -2.44. The predicted octanol–water partition coefficient (Wildman–Crippen LogP) is 0.404. The Bertz CT molecular complexity index is 209. The largest absolute Gasteiger partial charge is 0.392 e. The first-order valence-electron chi connectivity index (χ1n) is 5.85. The number of aliphatic hydroxyl groups excluding tert-OH is 1. The lowest BCUT2D eigenvalue weighted by Gasteiger charge is -2.16. The Balaban J connectivity index is 2.23. The van der Waals surface area contributed by atoms with Gasteiger partial charge in [-0.05, 0) is 19.8 Å². The third-order valence-electron chi connectivity index (χ3n) is 2.80. The van der Waals surface area contributed by atoms with E-state index in [1.165, 1.54) is 0 Å². The van der Waals surface area contributed by atoms with E-state index in [2.05, 4.69) is 17.6 Å². The molecule has 4 heteroatoms. The average molecular weight is 214 g/mol. The van der Waals surface area contributed by atoms with Gasteiger partial charge in [0.25, 0.3) is 0 Å². The molecule has 3 atom stereocenters. The molecule has 0 aliphatic carbocycles. The van der Waals surface area contributed by atoms with Gasteiger partial charge in [-0.25, -0.2) is 0 Å². The SMILES string of the molecule is CCCCC(C)NC(=O)C1CC(O)CN1. The van der Waals surface area contributed by atoms with Crippen molar-refractivity contribution < 1.29 is 9.90 Å². The third-order valence-corrected chi connectivity index (χ3v) is 2.80. The lowest BCUT2D eigenvalue weighted by atomic mass is 10.1. The van der Waals surface area contributed by atoms with Crippen molar-refractivity contribution in [1.82, 2.24) is 10.6 Å². The first kappa shape index (κ1) is 12.5. The molecule has 1 aliphatic heterocycles. The zero-order chi connectivity index (χ0) is 11.3. The number of carbonyl (C=O) groups is 1. The van der Waals surface area contributed by atoms with Crippen LogP contribution >= 0.6 is 0 Å². The number of nitrogens with one attached hydrogen (secondary N) is 2. The van der Waals surface area contributed by atoms with Crippen LogP contribution in [0.1, 0.15) is 39.5 Å². The second-order valence-electron chi connectivity index (χ2n) is 4.40. The quantitative estimate of drug-likeness (QED) is 0.621. The summed E-state index contributed by atoms with van der Waals surface area (Å²) < 4.78 is 0. The van der Waals surface area contributed by atoms with Crippen molar-refractivity contribution in [1.29, 1.82) is 0 Å². The fourth-order valence-electron chi connectivity index (χ4n) is 1.84. The number of rotatable bonds is 5. The van der Waals surface area contributed by atoms with Gasteiger partial charge in [0.15, 0.2) is 0 Å². The summed E-state index contributed by atoms with van der Waals surface area (Å²) in [5.41, 5.74) is 0. The highest BCUT2D eigenvalue weighted by atomic mass is 16.3. The standard InChI is InChI=1S/C11H22N2O2/c1-3-4-5-8(2)13-11(15)10-6-9(14)7-12-10/h8-10,12,14H,3-7H2,1-2H3,(H,13,15). The van der Waals surface area contributed by atoms with Crippen LogP contribution in [0.2, 0.25) is 0 Å². The van der Waals surface area contributed by atoms with Gasteiger partial charge in [-0.1, -0.05) is 19.8 Å². The molecule has 1 saturated heterocycles. The molecule has 0 aromatic rings. The van der Waals surface area contributed by atoms with Crippen LogP contribution in [0.25, 0.3) is 0 Å². The van der Waals surface area contributed by atoms with Crippen molar-refractivity contribution in [2.75, 3.05) is 6.54 Å². The van der Waals surface area contributed by atoms with E-state index in [1.54, 1.807) is 0 Å². The molecule has 1 heterocycles. The summed E-state index contributed by atoms with van der Waals surface area (Å²) in [7, 11) is 0. The number of hydrogen-bond donors (Lipinski definition) is 3. The molecule has 1 fully saturated rings. The lowest BCUT2D eigenvalue weighted by molar-refractivity contribution is -0.123. The second-order valence-corrected chi connectivity index (χ2v) is 4.40. The van der Waals surface area contributed by atoms with Crippen LogP contribution in [0.3, 0.4) is 0 Å². The highest BCUT2D eigenvalue weighted by molar-refractivity contribution is 5.82. The normalized spacial score (nSPS) is 27.7. The first-order valence-corrected chi connectivity index (χ1v) is 5.85. The zero-order valence-electron chi connectivity index (χ0n) is 9.62. The molecule has 1 amide bonds. The van der Waals surface area contributed by atoms with Crippen molar-refractivity contribution in [3.05, 3.63) is 0 Å². The molecule has 15 heavy (non-hydrogen) atoms. The molecule has 4 nitrogen and oxygen atoms in total. The Hall–Kier alpha value is -0.610. The minimum Gasteiger partial charge on any atom is -0.392 e. The van der Waals surface area contributed by atoms with Crippen LogP contribution < -0.4 is 10.6 Å². The molecule has 3 N–H and O–H groups in total. The minimum absolute atomic E-state index is 0.0233. The maximum absolute atomic E-state index is 11.7. The van der Waals surface area contributed by atoms with E-state index < -0.39 is 0 Å². The molecule has 0 saturated carbocycles. The van der Waals surface area contributed by atoms with Gasteiger partial charge in [-0.15, -0.1) is 0 Å². The Morgan fingerprint density at radius 2 is 2.40 bits per heavy atom. The average Bonchev–Trinajstić information content (AvgIpc) is 2.61. The number of amides is 1. The van der Waals surface area contributed by atoms with Crippen LogP contribution in [0.15, 0.2) is 0 Å². The van der Waals surface area contributed by atoms with Crippen LogP contribution in [-0.2, 0) is 4.79 Å². The molecule has 0 radical (unpaired) electrons. The highest BCUT2D eigenvalue weighted by Crippen LogP contribution is 2.07. The van der Waals surface area contributed by atoms with E-state index in [0.717, 1.165) is 19.3 Å². The van der Waals surface area contributed by atoms with Crippen molar-refractivity contribution in [2.45, 2.75) is 57.7 Å². The molecule has 0 aromatic carbocycles. The zero-order valence-corrected chi connectivity index (χ0v) is 9.62. The van der Waals surface area contributed by atoms with E-state index >= 15 is 0 Å².